The van der Waals surface area contributed by atoms with Crippen LogP contribution in [-0.4, -0.2) is 19.5 Å². The number of nitrogens with zero attached hydrogens (tertiary/aromatic N) is 2. The largest absolute Gasteiger partial charge is 0.419 e. The van der Waals surface area contributed by atoms with Crippen molar-refractivity contribution in [3.8, 4) is 6.07 Å². The monoisotopic (exact) mass is 267 g/mol. The highest BCUT2D eigenvalue weighted by Gasteiger charge is 2.16. The molecule has 0 fully saturated rings. The van der Waals surface area contributed by atoms with Gasteiger partial charge < -0.3 is 4.42 Å². The van der Waals surface area contributed by atoms with Crippen LogP contribution in [0.3, 0.4) is 0 Å². The SMILES string of the molecule is Cn1c(=O)oc2cc(S(=O)(=O)NCC#N)ccc21. The zero-order chi connectivity index (χ0) is 13.3. The van der Waals surface area contributed by atoms with E-state index in [1.54, 1.807) is 6.07 Å². The molecule has 0 saturated carbocycles. The van der Waals surface area contributed by atoms with Gasteiger partial charge in [0.1, 0.15) is 0 Å². The number of hydrogen-bond donors (Lipinski definition) is 1. The Labute approximate surface area is 102 Å². The highest BCUT2D eigenvalue weighted by molar-refractivity contribution is 7.89. The van der Waals surface area contributed by atoms with Gasteiger partial charge in [0.25, 0.3) is 0 Å². The fourth-order valence-corrected chi connectivity index (χ4v) is 2.42. The van der Waals surface area contributed by atoms with Crippen LogP contribution in [0.25, 0.3) is 11.1 Å². The molecule has 7 nitrogen and oxygen atoms in total. The van der Waals surface area contributed by atoms with E-state index in [9.17, 15) is 13.2 Å². The lowest BCUT2D eigenvalue weighted by Gasteiger charge is -2.02. The van der Waals surface area contributed by atoms with Crippen LogP contribution in [0.4, 0.5) is 0 Å². The average molecular weight is 267 g/mol. The van der Waals surface area contributed by atoms with E-state index < -0.39 is 15.8 Å². The van der Waals surface area contributed by atoms with Crippen LogP contribution in [0.1, 0.15) is 0 Å². The van der Waals surface area contributed by atoms with Crippen molar-refractivity contribution in [3.05, 3.63) is 28.7 Å². The first-order chi connectivity index (χ1) is 8.45. The third-order valence-electron chi connectivity index (χ3n) is 2.42. The lowest BCUT2D eigenvalue weighted by atomic mass is 10.3. The van der Waals surface area contributed by atoms with Crippen molar-refractivity contribution in [1.29, 1.82) is 5.26 Å². The van der Waals surface area contributed by atoms with Gasteiger partial charge in [-0.15, -0.1) is 0 Å². The number of aryl methyl sites for hydroxylation is 1. The molecule has 0 saturated heterocycles. The summed E-state index contributed by atoms with van der Waals surface area (Å²) >= 11 is 0. The summed E-state index contributed by atoms with van der Waals surface area (Å²) in [6.45, 7) is -0.320. The van der Waals surface area contributed by atoms with E-state index in [1.807, 2.05) is 0 Å². The Morgan fingerprint density at radius 1 is 1.50 bits per heavy atom. The first-order valence-electron chi connectivity index (χ1n) is 4.92. The zero-order valence-electron chi connectivity index (χ0n) is 9.37. The first kappa shape index (κ1) is 12.3. The molecule has 0 radical (unpaired) electrons. The second-order valence-corrected chi connectivity index (χ2v) is 5.31. The lowest BCUT2D eigenvalue weighted by molar-refractivity contribution is 0.527. The highest BCUT2D eigenvalue weighted by Crippen LogP contribution is 2.17. The first-order valence-corrected chi connectivity index (χ1v) is 6.40. The Morgan fingerprint density at radius 2 is 2.22 bits per heavy atom. The van der Waals surface area contributed by atoms with Gasteiger partial charge in [0.2, 0.25) is 10.0 Å². The normalized spacial score (nSPS) is 11.6. The Morgan fingerprint density at radius 3 is 2.89 bits per heavy atom. The van der Waals surface area contributed by atoms with Crippen LogP contribution < -0.4 is 10.5 Å². The van der Waals surface area contributed by atoms with Crippen LogP contribution >= 0.6 is 0 Å². The van der Waals surface area contributed by atoms with Crippen molar-refractivity contribution < 1.29 is 12.8 Å². The molecule has 0 amide bonds. The van der Waals surface area contributed by atoms with Crippen molar-refractivity contribution >= 4 is 21.1 Å². The standard InChI is InChI=1S/C10H9N3O4S/c1-13-8-3-2-7(6-9(8)17-10(13)14)18(15,16)12-5-4-11/h2-3,6,12H,5H2,1H3. The molecule has 0 unspecified atom stereocenters. The van der Waals surface area contributed by atoms with Crippen LogP contribution in [0.2, 0.25) is 0 Å². The number of nitrogens with one attached hydrogen (secondary N) is 1. The van der Waals surface area contributed by atoms with Crippen molar-refractivity contribution in [2.75, 3.05) is 6.54 Å². The smallest absolute Gasteiger partial charge is 0.408 e. The Hall–Kier alpha value is -2.11. The number of benzene rings is 1. The molecule has 0 aliphatic rings. The Balaban J connectivity index is 2.55. The summed E-state index contributed by atoms with van der Waals surface area (Å²) in [5, 5.41) is 8.35. The molecule has 0 spiro atoms. The molecule has 0 bridgehead atoms. The van der Waals surface area contributed by atoms with Gasteiger partial charge in [0.05, 0.1) is 23.0 Å². The molecule has 0 aliphatic heterocycles. The predicted molar refractivity (Wildman–Crippen MR) is 62.3 cm³/mol. The van der Waals surface area contributed by atoms with Gasteiger partial charge in [-0.2, -0.15) is 9.98 Å². The Bertz CT molecular complexity index is 795. The summed E-state index contributed by atoms with van der Waals surface area (Å²) in [6.07, 6.45) is 0. The topological polar surface area (TPSA) is 105 Å². The quantitative estimate of drug-likeness (QED) is 0.784. The number of aromatic nitrogens is 1. The van der Waals surface area contributed by atoms with Gasteiger partial charge in [-0.1, -0.05) is 0 Å². The zero-order valence-corrected chi connectivity index (χ0v) is 10.2. The molecule has 8 heteroatoms. The van der Waals surface area contributed by atoms with Crippen LogP contribution in [-0.2, 0) is 17.1 Å². The number of sulfonamides is 1. The molecule has 18 heavy (non-hydrogen) atoms. The fraction of sp³-hybridized carbons (Fsp3) is 0.200. The lowest BCUT2D eigenvalue weighted by Crippen LogP contribution is -2.23. The maximum absolute atomic E-state index is 11.7. The summed E-state index contributed by atoms with van der Waals surface area (Å²) in [4.78, 5) is 11.2. The molecule has 2 rings (SSSR count). The van der Waals surface area contributed by atoms with E-state index in [4.69, 9.17) is 9.68 Å². The summed E-state index contributed by atoms with van der Waals surface area (Å²) in [5.41, 5.74) is 0.682. The molecule has 0 atom stereocenters. The van der Waals surface area contributed by atoms with Crippen LogP contribution in [0.15, 0.2) is 32.3 Å². The van der Waals surface area contributed by atoms with Gasteiger partial charge in [-0.05, 0) is 12.1 Å². The van der Waals surface area contributed by atoms with Crippen molar-refractivity contribution in [2.24, 2.45) is 7.05 Å². The molecular weight excluding hydrogens is 258 g/mol. The molecule has 1 N–H and O–H groups in total. The minimum atomic E-state index is -3.76. The van der Waals surface area contributed by atoms with E-state index in [1.165, 1.54) is 29.8 Å². The third kappa shape index (κ3) is 2.01. The number of oxazole rings is 1. The van der Waals surface area contributed by atoms with Gasteiger partial charge in [-0.3, -0.25) is 4.57 Å². The van der Waals surface area contributed by atoms with Crippen molar-refractivity contribution in [3.63, 3.8) is 0 Å². The molecule has 94 valence electrons. The third-order valence-corrected chi connectivity index (χ3v) is 3.81. The van der Waals surface area contributed by atoms with E-state index in [0.29, 0.717) is 5.52 Å². The van der Waals surface area contributed by atoms with E-state index >= 15 is 0 Å². The molecule has 1 aromatic heterocycles. The number of hydrogen-bond acceptors (Lipinski definition) is 5. The van der Waals surface area contributed by atoms with E-state index in [0.717, 1.165) is 0 Å². The average Bonchev–Trinajstić information content (AvgIpc) is 2.62. The number of fused-ring (bicyclic) bond motifs is 1. The molecular formula is C10H9N3O4S. The van der Waals surface area contributed by atoms with E-state index in [2.05, 4.69) is 4.72 Å². The number of nitriles is 1. The minimum absolute atomic E-state index is 0.0559. The predicted octanol–water partition coefficient (Wildman–Crippen LogP) is -0.0666. The number of rotatable bonds is 3. The minimum Gasteiger partial charge on any atom is -0.408 e. The molecule has 0 aliphatic carbocycles. The van der Waals surface area contributed by atoms with Crippen molar-refractivity contribution in [1.82, 2.24) is 9.29 Å². The van der Waals surface area contributed by atoms with Gasteiger partial charge in [0, 0.05) is 13.1 Å². The fourth-order valence-electron chi connectivity index (χ4n) is 1.49. The summed E-state index contributed by atoms with van der Waals surface area (Å²) in [6, 6.07) is 5.74. The summed E-state index contributed by atoms with van der Waals surface area (Å²) in [5.74, 6) is -0.565. The van der Waals surface area contributed by atoms with Crippen molar-refractivity contribution in [2.45, 2.75) is 4.90 Å². The maximum Gasteiger partial charge on any atom is 0.419 e. The van der Waals surface area contributed by atoms with Gasteiger partial charge >= 0.3 is 5.76 Å². The second-order valence-electron chi connectivity index (χ2n) is 3.54. The summed E-state index contributed by atoms with van der Waals surface area (Å²) in [7, 11) is -2.24. The van der Waals surface area contributed by atoms with Gasteiger partial charge in [0.15, 0.2) is 5.58 Å². The molecule has 1 heterocycles. The second kappa shape index (κ2) is 4.29. The maximum atomic E-state index is 11.7. The molecule has 2 aromatic rings. The summed E-state index contributed by atoms with van der Waals surface area (Å²) < 4.78 is 31.7. The van der Waals surface area contributed by atoms with Crippen LogP contribution in [0, 0.1) is 11.3 Å². The molecule has 1 aromatic carbocycles. The highest BCUT2D eigenvalue weighted by atomic mass is 32.2. The Kier molecular flexibility index (Phi) is 2.94. The van der Waals surface area contributed by atoms with E-state index in [-0.39, 0.29) is 17.0 Å². The van der Waals surface area contributed by atoms with Gasteiger partial charge in [-0.25, -0.2) is 13.2 Å². The van der Waals surface area contributed by atoms with Crippen LogP contribution in [0.5, 0.6) is 0 Å².